The lowest BCUT2D eigenvalue weighted by atomic mass is 10.1. The van der Waals surface area contributed by atoms with Crippen molar-refractivity contribution < 1.29 is 0 Å². The Morgan fingerprint density at radius 3 is 3.21 bits per heavy atom. The number of hydrogen-bond acceptors (Lipinski definition) is 4. The average Bonchev–Trinajstić information content (AvgIpc) is 2.27. The summed E-state index contributed by atoms with van der Waals surface area (Å²) in [6, 6.07) is 4.12. The predicted octanol–water partition coefficient (Wildman–Crippen LogP) is 1.78. The van der Waals surface area contributed by atoms with Crippen LogP contribution in [0.4, 0.5) is 5.82 Å². The summed E-state index contributed by atoms with van der Waals surface area (Å²) in [5.74, 6) is 2.83. The molecule has 14 heavy (non-hydrogen) atoms. The van der Waals surface area contributed by atoms with E-state index in [9.17, 15) is 0 Å². The van der Waals surface area contributed by atoms with E-state index in [-0.39, 0.29) is 0 Å². The third-order valence-corrected chi connectivity index (χ3v) is 3.30. The Balaban J connectivity index is 2.50. The first-order chi connectivity index (χ1) is 6.85. The molecule has 2 rings (SSSR count). The first kappa shape index (κ1) is 9.35. The molecular formula is C10H11N3S. The first-order valence-electron chi connectivity index (χ1n) is 4.53. The molecule has 2 heterocycles. The Hall–Kier alpha value is -1.21. The minimum atomic E-state index is 0.647. The van der Waals surface area contributed by atoms with Crippen molar-refractivity contribution in [3.05, 3.63) is 22.9 Å². The van der Waals surface area contributed by atoms with Crippen LogP contribution in [0, 0.1) is 11.3 Å². The number of aryl methyl sites for hydroxylation is 1. The van der Waals surface area contributed by atoms with Crippen LogP contribution in [0.15, 0.2) is 6.07 Å². The lowest BCUT2D eigenvalue weighted by molar-refractivity contribution is 0.989. The van der Waals surface area contributed by atoms with E-state index in [2.05, 4.69) is 16.4 Å². The van der Waals surface area contributed by atoms with Gasteiger partial charge in [-0.05, 0) is 23.8 Å². The van der Waals surface area contributed by atoms with Crippen molar-refractivity contribution in [1.29, 1.82) is 5.26 Å². The molecule has 0 saturated carbocycles. The maximum Gasteiger partial charge on any atom is 0.143 e. The molecule has 0 bridgehead atoms. The third-order valence-electron chi connectivity index (χ3n) is 2.29. The Bertz CT molecular complexity index is 395. The van der Waals surface area contributed by atoms with Gasteiger partial charge in [-0.2, -0.15) is 17.0 Å². The molecule has 0 radical (unpaired) electrons. The van der Waals surface area contributed by atoms with Gasteiger partial charge in [0.15, 0.2) is 0 Å². The van der Waals surface area contributed by atoms with Gasteiger partial charge >= 0.3 is 0 Å². The topological polar surface area (TPSA) is 48.7 Å². The van der Waals surface area contributed by atoms with Crippen molar-refractivity contribution in [2.75, 3.05) is 18.1 Å². The fourth-order valence-electron chi connectivity index (χ4n) is 1.56. The van der Waals surface area contributed by atoms with Crippen LogP contribution in [-0.2, 0) is 12.2 Å². The standard InChI is InChI=1S/C10H11N3S/c1-12-10-7(5-11)4-8-6-14-3-2-9(8)13-10/h4H,2-3,6H2,1H3,(H,12,13). The molecule has 0 saturated heterocycles. The van der Waals surface area contributed by atoms with Gasteiger partial charge in [0.25, 0.3) is 0 Å². The smallest absolute Gasteiger partial charge is 0.143 e. The van der Waals surface area contributed by atoms with E-state index in [0.29, 0.717) is 11.4 Å². The molecule has 1 aliphatic heterocycles. The van der Waals surface area contributed by atoms with E-state index in [1.165, 1.54) is 5.56 Å². The Labute approximate surface area is 87.5 Å². The highest BCUT2D eigenvalue weighted by Crippen LogP contribution is 2.26. The second-order valence-corrected chi connectivity index (χ2v) is 4.26. The normalized spacial score (nSPS) is 14.3. The number of nitriles is 1. The third kappa shape index (κ3) is 1.55. The molecule has 72 valence electrons. The molecule has 0 fully saturated rings. The number of nitrogens with zero attached hydrogens (tertiary/aromatic N) is 2. The Kier molecular flexibility index (Phi) is 2.60. The summed E-state index contributed by atoms with van der Waals surface area (Å²) in [4.78, 5) is 4.46. The van der Waals surface area contributed by atoms with Crippen molar-refractivity contribution in [2.24, 2.45) is 0 Å². The molecule has 0 atom stereocenters. The number of thioether (sulfide) groups is 1. The zero-order valence-corrected chi connectivity index (χ0v) is 8.82. The van der Waals surface area contributed by atoms with Gasteiger partial charge < -0.3 is 5.32 Å². The molecule has 0 spiro atoms. The summed E-state index contributed by atoms with van der Waals surface area (Å²) in [5.41, 5.74) is 3.01. The summed E-state index contributed by atoms with van der Waals surface area (Å²) in [5, 5.41) is 11.9. The number of nitrogens with one attached hydrogen (secondary N) is 1. The number of anilines is 1. The van der Waals surface area contributed by atoms with Gasteiger partial charge in [0, 0.05) is 18.5 Å². The van der Waals surface area contributed by atoms with Crippen LogP contribution in [-0.4, -0.2) is 17.8 Å². The van der Waals surface area contributed by atoms with Crippen LogP contribution >= 0.6 is 11.8 Å². The van der Waals surface area contributed by atoms with Crippen LogP contribution in [0.1, 0.15) is 16.8 Å². The van der Waals surface area contributed by atoms with Crippen LogP contribution in [0.5, 0.6) is 0 Å². The zero-order chi connectivity index (χ0) is 9.97. The highest BCUT2D eigenvalue weighted by atomic mass is 32.2. The van der Waals surface area contributed by atoms with Crippen LogP contribution in [0.2, 0.25) is 0 Å². The molecule has 0 unspecified atom stereocenters. The first-order valence-corrected chi connectivity index (χ1v) is 5.69. The number of aromatic nitrogens is 1. The largest absolute Gasteiger partial charge is 0.372 e. The summed E-state index contributed by atoms with van der Waals surface area (Å²) in [6.07, 6.45) is 1.01. The molecule has 0 amide bonds. The van der Waals surface area contributed by atoms with Crippen LogP contribution in [0.3, 0.4) is 0 Å². The maximum atomic E-state index is 8.91. The summed E-state index contributed by atoms with van der Waals surface area (Å²) >= 11 is 1.90. The predicted molar refractivity (Wildman–Crippen MR) is 58.4 cm³/mol. The van der Waals surface area contributed by atoms with Crippen molar-refractivity contribution in [1.82, 2.24) is 4.98 Å². The fourth-order valence-corrected chi connectivity index (χ4v) is 2.51. The lowest BCUT2D eigenvalue weighted by Crippen LogP contribution is -2.08. The summed E-state index contributed by atoms with van der Waals surface area (Å²) in [7, 11) is 1.80. The molecule has 4 heteroatoms. The molecule has 1 aromatic rings. The van der Waals surface area contributed by atoms with Crippen LogP contribution in [0.25, 0.3) is 0 Å². The lowest BCUT2D eigenvalue weighted by Gasteiger charge is -2.16. The van der Waals surface area contributed by atoms with Crippen molar-refractivity contribution in [3.63, 3.8) is 0 Å². The van der Waals surface area contributed by atoms with Crippen molar-refractivity contribution >= 4 is 17.6 Å². The molecule has 0 aromatic carbocycles. The van der Waals surface area contributed by atoms with E-state index in [1.54, 1.807) is 7.05 Å². The van der Waals surface area contributed by atoms with E-state index in [4.69, 9.17) is 5.26 Å². The van der Waals surface area contributed by atoms with Gasteiger partial charge in [0.1, 0.15) is 11.9 Å². The quantitative estimate of drug-likeness (QED) is 0.759. The maximum absolute atomic E-state index is 8.91. The summed E-state index contributed by atoms with van der Waals surface area (Å²) < 4.78 is 0. The fraction of sp³-hybridized carbons (Fsp3) is 0.400. The van der Waals surface area contributed by atoms with Gasteiger partial charge in [0.05, 0.1) is 5.56 Å². The van der Waals surface area contributed by atoms with Gasteiger partial charge in [-0.1, -0.05) is 0 Å². The second kappa shape index (κ2) is 3.89. The minimum Gasteiger partial charge on any atom is -0.372 e. The number of pyridine rings is 1. The molecule has 1 N–H and O–H groups in total. The van der Waals surface area contributed by atoms with E-state index in [0.717, 1.165) is 23.6 Å². The van der Waals surface area contributed by atoms with Crippen molar-refractivity contribution in [2.45, 2.75) is 12.2 Å². The second-order valence-electron chi connectivity index (χ2n) is 3.15. The van der Waals surface area contributed by atoms with E-state index in [1.807, 2.05) is 17.8 Å². The number of fused-ring (bicyclic) bond motifs is 1. The van der Waals surface area contributed by atoms with Gasteiger partial charge in [-0.15, -0.1) is 0 Å². The van der Waals surface area contributed by atoms with E-state index >= 15 is 0 Å². The highest BCUT2D eigenvalue weighted by molar-refractivity contribution is 7.98. The number of rotatable bonds is 1. The summed E-state index contributed by atoms with van der Waals surface area (Å²) in [6.45, 7) is 0. The molecular weight excluding hydrogens is 194 g/mol. The molecule has 3 nitrogen and oxygen atoms in total. The Morgan fingerprint density at radius 2 is 2.50 bits per heavy atom. The van der Waals surface area contributed by atoms with Gasteiger partial charge in [-0.3, -0.25) is 0 Å². The van der Waals surface area contributed by atoms with Gasteiger partial charge in [-0.25, -0.2) is 4.98 Å². The minimum absolute atomic E-state index is 0.647. The molecule has 1 aromatic heterocycles. The highest BCUT2D eigenvalue weighted by Gasteiger charge is 2.14. The molecule has 1 aliphatic rings. The molecule has 0 aliphatic carbocycles. The zero-order valence-electron chi connectivity index (χ0n) is 8.00. The van der Waals surface area contributed by atoms with Gasteiger partial charge in [0.2, 0.25) is 0 Å². The average molecular weight is 205 g/mol. The van der Waals surface area contributed by atoms with E-state index < -0.39 is 0 Å². The number of hydrogen-bond donors (Lipinski definition) is 1. The SMILES string of the molecule is CNc1nc2c(cc1C#N)CSCC2. The van der Waals surface area contributed by atoms with Crippen molar-refractivity contribution in [3.8, 4) is 6.07 Å². The Morgan fingerprint density at radius 1 is 1.64 bits per heavy atom. The monoisotopic (exact) mass is 205 g/mol. The van der Waals surface area contributed by atoms with Crippen LogP contribution < -0.4 is 5.32 Å².